The van der Waals surface area contributed by atoms with Crippen LogP contribution in [-0.2, 0) is 49.3 Å². The standard InChI is InChI=1S/C30H46N2O10/c1-23-8-10-25(11-9-23)5-3-7-28(35)32-27(30(37)38)13-12-26(34)6-4-15-39-17-20-42-22-29(36)31-14-16-40-18-19-41-21-24(2)33/h8-11,27H,3-7,12-22H2,1-2H3,(H,31,36)(H,32,35)(H,37,38)/t27-/m0/s1. The van der Waals surface area contributed by atoms with E-state index in [9.17, 15) is 29.1 Å². The number of hydrogen-bond donors (Lipinski definition) is 3. The summed E-state index contributed by atoms with van der Waals surface area (Å²) < 4.78 is 21.0. The number of benzene rings is 1. The summed E-state index contributed by atoms with van der Waals surface area (Å²) in [5, 5.41) is 14.6. The molecule has 1 atom stereocenters. The normalized spacial score (nSPS) is 11.6. The van der Waals surface area contributed by atoms with E-state index in [1.54, 1.807) is 0 Å². The highest BCUT2D eigenvalue weighted by atomic mass is 16.5. The van der Waals surface area contributed by atoms with Crippen LogP contribution in [0.2, 0.25) is 0 Å². The highest BCUT2D eigenvalue weighted by Crippen LogP contribution is 2.08. The number of ether oxygens (including phenoxy) is 4. The van der Waals surface area contributed by atoms with E-state index in [-0.39, 0.29) is 75.5 Å². The quantitative estimate of drug-likeness (QED) is 0.135. The molecular formula is C30H46N2O10. The predicted octanol–water partition coefficient (Wildman–Crippen LogP) is 1.79. The fourth-order valence-corrected chi connectivity index (χ4v) is 3.67. The van der Waals surface area contributed by atoms with Gasteiger partial charge < -0.3 is 34.7 Å². The molecule has 0 fully saturated rings. The molecule has 0 saturated heterocycles. The Morgan fingerprint density at radius 3 is 2.07 bits per heavy atom. The minimum Gasteiger partial charge on any atom is -0.480 e. The second kappa shape index (κ2) is 23.4. The predicted molar refractivity (Wildman–Crippen MR) is 154 cm³/mol. The third-order valence-electron chi connectivity index (χ3n) is 5.93. The third-order valence-corrected chi connectivity index (χ3v) is 5.93. The highest BCUT2D eigenvalue weighted by molar-refractivity contribution is 5.84. The number of rotatable bonds is 26. The van der Waals surface area contributed by atoms with Gasteiger partial charge in [0.1, 0.15) is 25.0 Å². The number of hydrogen-bond acceptors (Lipinski definition) is 9. The van der Waals surface area contributed by atoms with Gasteiger partial charge in [0.2, 0.25) is 11.8 Å². The third kappa shape index (κ3) is 20.7. The van der Waals surface area contributed by atoms with Crippen LogP contribution < -0.4 is 10.6 Å². The summed E-state index contributed by atoms with van der Waals surface area (Å²) >= 11 is 0. The SMILES string of the molecule is CC(=O)COCCOCCNC(=O)COCCOCCCC(=O)CC[C@H](NC(=O)CCCc1ccc(C)cc1)C(=O)O. The number of carboxylic acids is 1. The number of aryl methyl sites for hydroxylation is 2. The van der Waals surface area contributed by atoms with Crippen LogP contribution in [0.1, 0.15) is 56.6 Å². The summed E-state index contributed by atoms with van der Waals surface area (Å²) in [4.78, 5) is 58.3. The first kappa shape index (κ1) is 36.8. The Bertz CT molecular complexity index is 952. The van der Waals surface area contributed by atoms with Gasteiger partial charge in [0.25, 0.3) is 0 Å². The molecular weight excluding hydrogens is 548 g/mol. The number of ketones is 2. The Balaban J connectivity index is 2.01. The van der Waals surface area contributed by atoms with Crippen molar-refractivity contribution in [2.75, 3.05) is 59.4 Å². The van der Waals surface area contributed by atoms with Gasteiger partial charge in [-0.15, -0.1) is 0 Å². The molecule has 2 amide bonds. The van der Waals surface area contributed by atoms with Crippen LogP contribution in [0.15, 0.2) is 24.3 Å². The average molecular weight is 595 g/mol. The average Bonchev–Trinajstić information content (AvgIpc) is 2.94. The first-order valence-corrected chi connectivity index (χ1v) is 14.3. The van der Waals surface area contributed by atoms with Gasteiger partial charge in [0.05, 0.1) is 33.0 Å². The maximum atomic E-state index is 12.2. The van der Waals surface area contributed by atoms with E-state index in [4.69, 9.17) is 18.9 Å². The van der Waals surface area contributed by atoms with Crippen molar-refractivity contribution in [3.63, 3.8) is 0 Å². The number of carboxylic acid groups (broad SMARTS) is 1. The second-order valence-corrected chi connectivity index (χ2v) is 9.86. The van der Waals surface area contributed by atoms with E-state index in [2.05, 4.69) is 10.6 Å². The molecule has 1 aromatic carbocycles. The van der Waals surface area contributed by atoms with Gasteiger partial charge in [-0.2, -0.15) is 0 Å². The van der Waals surface area contributed by atoms with Crippen molar-refractivity contribution < 1.29 is 48.0 Å². The Hall–Kier alpha value is -3.19. The van der Waals surface area contributed by atoms with Crippen molar-refractivity contribution in [1.82, 2.24) is 10.6 Å². The van der Waals surface area contributed by atoms with E-state index < -0.39 is 12.0 Å². The van der Waals surface area contributed by atoms with Gasteiger partial charge in [-0.3, -0.25) is 19.2 Å². The Morgan fingerprint density at radius 2 is 1.40 bits per heavy atom. The van der Waals surface area contributed by atoms with Crippen LogP contribution in [0, 0.1) is 6.92 Å². The van der Waals surface area contributed by atoms with Gasteiger partial charge in [0, 0.05) is 32.4 Å². The molecule has 0 saturated carbocycles. The highest BCUT2D eigenvalue weighted by Gasteiger charge is 2.20. The Labute approximate surface area is 247 Å². The minimum atomic E-state index is -1.16. The van der Waals surface area contributed by atoms with Gasteiger partial charge in [0.15, 0.2) is 5.78 Å². The number of carbonyl (C=O) groups is 5. The van der Waals surface area contributed by atoms with Crippen LogP contribution >= 0.6 is 0 Å². The van der Waals surface area contributed by atoms with E-state index in [0.29, 0.717) is 45.8 Å². The van der Waals surface area contributed by atoms with Gasteiger partial charge in [-0.25, -0.2) is 4.79 Å². The van der Waals surface area contributed by atoms with E-state index in [0.717, 1.165) is 17.5 Å². The maximum Gasteiger partial charge on any atom is 0.326 e. The molecule has 0 spiro atoms. The van der Waals surface area contributed by atoms with E-state index >= 15 is 0 Å². The first-order valence-electron chi connectivity index (χ1n) is 14.3. The monoisotopic (exact) mass is 594 g/mol. The van der Waals surface area contributed by atoms with Crippen molar-refractivity contribution in [1.29, 1.82) is 0 Å². The van der Waals surface area contributed by atoms with Crippen molar-refractivity contribution in [3.8, 4) is 0 Å². The molecule has 236 valence electrons. The topological polar surface area (TPSA) is 167 Å². The number of amides is 2. The number of carbonyl (C=O) groups excluding carboxylic acids is 4. The molecule has 0 aliphatic carbocycles. The smallest absolute Gasteiger partial charge is 0.326 e. The molecule has 1 rings (SSSR count). The van der Waals surface area contributed by atoms with Crippen molar-refractivity contribution >= 4 is 29.4 Å². The number of nitrogens with one attached hydrogen (secondary N) is 2. The Morgan fingerprint density at radius 1 is 0.762 bits per heavy atom. The summed E-state index contributed by atoms with van der Waals surface area (Å²) in [6, 6.07) is 6.95. The van der Waals surface area contributed by atoms with Crippen LogP contribution in [0.3, 0.4) is 0 Å². The zero-order valence-electron chi connectivity index (χ0n) is 24.8. The molecule has 0 unspecified atom stereocenters. The number of aliphatic carboxylic acids is 1. The lowest BCUT2D eigenvalue weighted by molar-refractivity contribution is -0.142. The minimum absolute atomic E-state index is 0.0380. The van der Waals surface area contributed by atoms with E-state index in [1.165, 1.54) is 6.92 Å². The lowest BCUT2D eigenvalue weighted by Crippen LogP contribution is -2.41. The molecule has 1 aromatic rings. The molecule has 3 N–H and O–H groups in total. The summed E-state index contributed by atoms with van der Waals surface area (Å²) in [7, 11) is 0. The molecule has 0 aliphatic rings. The lowest BCUT2D eigenvalue weighted by Gasteiger charge is -2.14. The largest absolute Gasteiger partial charge is 0.480 e. The second-order valence-electron chi connectivity index (χ2n) is 9.86. The van der Waals surface area contributed by atoms with Crippen molar-refractivity contribution in [3.05, 3.63) is 35.4 Å². The fraction of sp³-hybridized carbons (Fsp3) is 0.633. The zero-order valence-corrected chi connectivity index (χ0v) is 24.8. The van der Waals surface area contributed by atoms with Crippen LogP contribution in [-0.4, -0.2) is 99.9 Å². The maximum absolute atomic E-state index is 12.2. The molecule has 0 radical (unpaired) electrons. The first-order chi connectivity index (χ1) is 20.2. The lowest BCUT2D eigenvalue weighted by atomic mass is 10.0. The summed E-state index contributed by atoms with van der Waals surface area (Å²) in [5.41, 5.74) is 2.29. The molecule has 12 nitrogen and oxygen atoms in total. The van der Waals surface area contributed by atoms with Gasteiger partial charge >= 0.3 is 5.97 Å². The molecule has 0 bridgehead atoms. The van der Waals surface area contributed by atoms with Gasteiger partial charge in [-0.1, -0.05) is 29.8 Å². The van der Waals surface area contributed by atoms with Crippen LogP contribution in [0.25, 0.3) is 0 Å². The summed E-state index contributed by atoms with van der Waals surface area (Å²) in [5.74, 6) is -1.93. The molecule has 0 aliphatic heterocycles. The Kier molecular flexibility index (Phi) is 20.5. The van der Waals surface area contributed by atoms with Crippen LogP contribution in [0.4, 0.5) is 0 Å². The van der Waals surface area contributed by atoms with Crippen LogP contribution in [0.5, 0.6) is 0 Å². The van der Waals surface area contributed by atoms with Crippen molar-refractivity contribution in [2.24, 2.45) is 0 Å². The van der Waals surface area contributed by atoms with E-state index in [1.807, 2.05) is 31.2 Å². The summed E-state index contributed by atoms with van der Waals surface area (Å²) in [6.45, 7) is 5.50. The van der Waals surface area contributed by atoms with Gasteiger partial charge in [-0.05, 0) is 45.1 Å². The van der Waals surface area contributed by atoms with Crippen molar-refractivity contribution in [2.45, 2.75) is 64.8 Å². The molecule has 0 aromatic heterocycles. The summed E-state index contributed by atoms with van der Waals surface area (Å²) in [6.07, 6.45) is 2.36. The number of Topliss-reactive ketones (excluding diaryl/α,β-unsaturated/α-hetero) is 2. The molecule has 0 heterocycles. The fourth-order valence-electron chi connectivity index (χ4n) is 3.67. The zero-order chi connectivity index (χ0) is 31.0. The molecule has 12 heteroatoms. The molecule has 42 heavy (non-hydrogen) atoms.